The van der Waals surface area contributed by atoms with Crippen molar-refractivity contribution in [1.29, 1.82) is 0 Å². The number of nitrogens with zero attached hydrogens (tertiary/aromatic N) is 2. The zero-order valence-corrected chi connectivity index (χ0v) is 9.44. The number of hydrogen-bond donors (Lipinski definition) is 2. The molecule has 0 saturated heterocycles. The van der Waals surface area contributed by atoms with Crippen LogP contribution in [0.3, 0.4) is 0 Å². The highest BCUT2D eigenvalue weighted by Gasteiger charge is 2.13. The van der Waals surface area contributed by atoms with Gasteiger partial charge in [0.15, 0.2) is 0 Å². The molecule has 86 valence electrons. The second-order valence-electron chi connectivity index (χ2n) is 3.35. The first kappa shape index (κ1) is 12.2. The molecule has 0 aliphatic carbocycles. The second-order valence-corrected chi connectivity index (χ2v) is 5.23. The van der Waals surface area contributed by atoms with Gasteiger partial charge in [0, 0.05) is 25.0 Å². The van der Waals surface area contributed by atoms with E-state index < -0.39 is 10.0 Å². The molecule has 7 heteroatoms. The zero-order valence-electron chi connectivity index (χ0n) is 8.63. The molecule has 15 heavy (non-hydrogen) atoms. The van der Waals surface area contributed by atoms with Gasteiger partial charge < -0.3 is 5.73 Å². The second kappa shape index (κ2) is 5.24. The van der Waals surface area contributed by atoms with E-state index in [2.05, 4.69) is 9.82 Å². The fraction of sp³-hybridized carbons (Fsp3) is 0.625. The van der Waals surface area contributed by atoms with Crippen LogP contribution in [-0.4, -0.2) is 36.5 Å². The van der Waals surface area contributed by atoms with Gasteiger partial charge in [-0.2, -0.15) is 5.10 Å². The molecule has 0 spiro atoms. The maximum absolute atomic E-state index is 11.3. The summed E-state index contributed by atoms with van der Waals surface area (Å²) in [5.41, 5.74) is 5.19. The normalized spacial score (nSPS) is 14.0. The third kappa shape index (κ3) is 4.41. The van der Waals surface area contributed by atoms with Crippen molar-refractivity contribution in [2.45, 2.75) is 19.5 Å². The summed E-state index contributed by atoms with van der Waals surface area (Å²) in [6.07, 6.45) is 3.44. The predicted molar refractivity (Wildman–Crippen MR) is 57.7 cm³/mol. The van der Waals surface area contributed by atoms with Crippen LogP contribution in [0.1, 0.15) is 6.92 Å². The molecular formula is C8H16N4O2S. The van der Waals surface area contributed by atoms with E-state index in [9.17, 15) is 8.42 Å². The van der Waals surface area contributed by atoms with E-state index in [1.807, 2.05) is 0 Å². The van der Waals surface area contributed by atoms with Gasteiger partial charge in [0.25, 0.3) is 0 Å². The van der Waals surface area contributed by atoms with Crippen LogP contribution in [0.15, 0.2) is 18.5 Å². The van der Waals surface area contributed by atoms with Crippen molar-refractivity contribution in [1.82, 2.24) is 14.5 Å². The van der Waals surface area contributed by atoms with E-state index in [1.54, 1.807) is 30.1 Å². The lowest BCUT2D eigenvalue weighted by atomic mass is 10.4. The molecule has 0 aromatic carbocycles. The summed E-state index contributed by atoms with van der Waals surface area (Å²) in [5, 5.41) is 3.99. The van der Waals surface area contributed by atoms with Gasteiger partial charge in [-0.05, 0) is 13.0 Å². The standard InChI is InChI=1S/C8H16N4O2S/c1-8(7-12-5-2-4-10-12)11-15(13,14)6-3-9/h2,4-5,8,11H,3,6-7,9H2,1H3. The minimum absolute atomic E-state index is 0.0452. The quantitative estimate of drug-likeness (QED) is 0.668. The average molecular weight is 232 g/mol. The molecule has 0 fully saturated rings. The Morgan fingerprint density at radius 1 is 1.60 bits per heavy atom. The molecule has 1 heterocycles. The Labute approximate surface area is 89.5 Å². The van der Waals surface area contributed by atoms with E-state index in [-0.39, 0.29) is 18.3 Å². The Kier molecular flexibility index (Phi) is 4.25. The van der Waals surface area contributed by atoms with E-state index in [0.29, 0.717) is 6.54 Å². The summed E-state index contributed by atoms with van der Waals surface area (Å²) in [4.78, 5) is 0. The minimum Gasteiger partial charge on any atom is -0.329 e. The Balaban J connectivity index is 2.46. The molecule has 1 unspecified atom stereocenters. The molecule has 1 atom stereocenters. The van der Waals surface area contributed by atoms with Crippen molar-refractivity contribution in [3.63, 3.8) is 0 Å². The van der Waals surface area contributed by atoms with Crippen LogP contribution >= 0.6 is 0 Å². The summed E-state index contributed by atoms with van der Waals surface area (Å²) in [5.74, 6) is -0.0452. The number of hydrogen-bond acceptors (Lipinski definition) is 4. The Morgan fingerprint density at radius 3 is 2.87 bits per heavy atom. The molecule has 0 amide bonds. The highest BCUT2D eigenvalue weighted by molar-refractivity contribution is 7.89. The topological polar surface area (TPSA) is 90.0 Å². The minimum atomic E-state index is -3.25. The van der Waals surface area contributed by atoms with Crippen LogP contribution in [0.4, 0.5) is 0 Å². The molecular weight excluding hydrogens is 216 g/mol. The van der Waals surface area contributed by atoms with Crippen LogP contribution < -0.4 is 10.5 Å². The van der Waals surface area contributed by atoms with E-state index >= 15 is 0 Å². The first-order valence-electron chi connectivity index (χ1n) is 4.71. The summed E-state index contributed by atoms with van der Waals surface area (Å²) in [7, 11) is -3.25. The average Bonchev–Trinajstić information content (AvgIpc) is 2.54. The third-order valence-corrected chi connectivity index (χ3v) is 3.32. The van der Waals surface area contributed by atoms with Crippen molar-refractivity contribution in [2.24, 2.45) is 5.73 Å². The van der Waals surface area contributed by atoms with Gasteiger partial charge in [0.2, 0.25) is 10.0 Å². The smallest absolute Gasteiger partial charge is 0.213 e. The lowest BCUT2D eigenvalue weighted by Gasteiger charge is -2.13. The molecule has 1 aromatic rings. The number of nitrogens with one attached hydrogen (secondary N) is 1. The van der Waals surface area contributed by atoms with Gasteiger partial charge in [0.1, 0.15) is 0 Å². The van der Waals surface area contributed by atoms with Gasteiger partial charge in [-0.15, -0.1) is 0 Å². The van der Waals surface area contributed by atoms with Crippen molar-refractivity contribution >= 4 is 10.0 Å². The Morgan fingerprint density at radius 2 is 2.33 bits per heavy atom. The maximum atomic E-state index is 11.3. The fourth-order valence-corrected chi connectivity index (χ4v) is 2.36. The maximum Gasteiger partial charge on any atom is 0.213 e. The van der Waals surface area contributed by atoms with Crippen LogP contribution in [0.2, 0.25) is 0 Å². The largest absolute Gasteiger partial charge is 0.329 e. The van der Waals surface area contributed by atoms with E-state index in [1.165, 1.54) is 0 Å². The van der Waals surface area contributed by atoms with Crippen molar-refractivity contribution < 1.29 is 8.42 Å². The van der Waals surface area contributed by atoms with Crippen LogP contribution in [0.25, 0.3) is 0 Å². The van der Waals surface area contributed by atoms with Crippen LogP contribution in [-0.2, 0) is 16.6 Å². The highest BCUT2D eigenvalue weighted by atomic mass is 32.2. The highest BCUT2D eigenvalue weighted by Crippen LogP contribution is 1.93. The molecule has 0 radical (unpaired) electrons. The third-order valence-electron chi connectivity index (χ3n) is 1.79. The summed E-state index contributed by atoms with van der Waals surface area (Å²) in [6.45, 7) is 2.43. The molecule has 0 saturated carbocycles. The van der Waals surface area contributed by atoms with Crippen LogP contribution in [0.5, 0.6) is 0 Å². The fourth-order valence-electron chi connectivity index (χ4n) is 1.25. The van der Waals surface area contributed by atoms with Crippen LogP contribution in [0, 0.1) is 0 Å². The molecule has 1 aromatic heterocycles. The lowest BCUT2D eigenvalue weighted by molar-refractivity contribution is 0.494. The number of aromatic nitrogens is 2. The Bertz CT molecular complexity index is 373. The summed E-state index contributed by atoms with van der Waals surface area (Å²) in [6, 6.07) is 1.60. The Hall–Kier alpha value is -0.920. The van der Waals surface area contributed by atoms with E-state index in [4.69, 9.17) is 5.73 Å². The molecule has 0 bridgehead atoms. The van der Waals surface area contributed by atoms with E-state index in [0.717, 1.165) is 0 Å². The van der Waals surface area contributed by atoms with Gasteiger partial charge in [-0.3, -0.25) is 4.68 Å². The number of sulfonamides is 1. The molecule has 0 aliphatic heterocycles. The van der Waals surface area contributed by atoms with Gasteiger partial charge in [0.05, 0.1) is 12.3 Å². The van der Waals surface area contributed by atoms with Crippen molar-refractivity contribution in [3.05, 3.63) is 18.5 Å². The molecule has 1 rings (SSSR count). The van der Waals surface area contributed by atoms with Crippen molar-refractivity contribution in [3.8, 4) is 0 Å². The number of nitrogens with two attached hydrogens (primary N) is 1. The molecule has 3 N–H and O–H groups in total. The predicted octanol–water partition coefficient (Wildman–Crippen LogP) is -0.850. The molecule has 0 aliphatic rings. The first-order valence-corrected chi connectivity index (χ1v) is 6.36. The lowest BCUT2D eigenvalue weighted by Crippen LogP contribution is -2.38. The summed E-state index contributed by atoms with van der Waals surface area (Å²) < 4.78 is 26.9. The molecule has 6 nitrogen and oxygen atoms in total. The van der Waals surface area contributed by atoms with Gasteiger partial charge in [-0.1, -0.05) is 0 Å². The summed E-state index contributed by atoms with van der Waals surface area (Å²) >= 11 is 0. The van der Waals surface area contributed by atoms with Gasteiger partial charge in [-0.25, -0.2) is 13.1 Å². The SMILES string of the molecule is CC(Cn1cccn1)NS(=O)(=O)CCN. The van der Waals surface area contributed by atoms with Crippen molar-refractivity contribution in [2.75, 3.05) is 12.3 Å². The van der Waals surface area contributed by atoms with Gasteiger partial charge >= 0.3 is 0 Å². The first-order chi connectivity index (χ1) is 7.03. The number of rotatable bonds is 6. The monoisotopic (exact) mass is 232 g/mol. The zero-order chi connectivity index (χ0) is 11.3.